The van der Waals surface area contributed by atoms with Gasteiger partial charge < -0.3 is 4.57 Å². The molecule has 0 amide bonds. The third-order valence-electron chi connectivity index (χ3n) is 3.89. The van der Waals surface area contributed by atoms with Crippen LogP contribution in [0.25, 0.3) is 34.0 Å². The molecule has 0 spiro atoms. The number of aromatic nitrogens is 5. The molecule has 0 atom stereocenters. The second-order valence-corrected chi connectivity index (χ2v) is 5.43. The van der Waals surface area contributed by atoms with E-state index in [4.69, 9.17) is 0 Å². The maximum Gasteiger partial charge on any atom is 0.159 e. The summed E-state index contributed by atoms with van der Waals surface area (Å²) in [6.07, 6.45) is 9.06. The zero-order chi connectivity index (χ0) is 16.4. The van der Waals surface area contributed by atoms with Crippen molar-refractivity contribution in [1.29, 1.82) is 0 Å². The number of pyridine rings is 1. The highest BCUT2D eigenvalue weighted by Gasteiger charge is 2.11. The van der Waals surface area contributed by atoms with Crippen LogP contribution in [0.3, 0.4) is 0 Å². The number of hydrogen-bond donors (Lipinski definition) is 0. The smallest absolute Gasteiger partial charge is 0.159 e. The summed E-state index contributed by atoms with van der Waals surface area (Å²) < 4.78 is 2.03. The predicted molar refractivity (Wildman–Crippen MR) is 92.9 cm³/mol. The molecule has 4 aromatic rings. The van der Waals surface area contributed by atoms with Gasteiger partial charge in [-0.1, -0.05) is 30.3 Å². The summed E-state index contributed by atoms with van der Waals surface area (Å²) in [7, 11) is 1.98. The third kappa shape index (κ3) is 2.56. The summed E-state index contributed by atoms with van der Waals surface area (Å²) in [6.45, 7) is 0. The molecule has 4 rings (SSSR count). The van der Waals surface area contributed by atoms with Gasteiger partial charge in [-0.15, -0.1) is 0 Å². The van der Waals surface area contributed by atoms with Crippen LogP contribution in [-0.4, -0.2) is 24.5 Å². The van der Waals surface area contributed by atoms with Gasteiger partial charge in [-0.05, 0) is 12.1 Å². The fourth-order valence-corrected chi connectivity index (χ4v) is 2.64. The Morgan fingerprint density at radius 2 is 1.46 bits per heavy atom. The maximum atomic E-state index is 4.51. The molecule has 116 valence electrons. The van der Waals surface area contributed by atoms with Crippen LogP contribution in [0, 0.1) is 0 Å². The highest BCUT2D eigenvalue weighted by Crippen LogP contribution is 2.25. The molecule has 0 aliphatic rings. The van der Waals surface area contributed by atoms with Gasteiger partial charge in [0, 0.05) is 48.5 Å². The van der Waals surface area contributed by atoms with Gasteiger partial charge in [0.2, 0.25) is 0 Å². The second kappa shape index (κ2) is 6.04. The summed E-state index contributed by atoms with van der Waals surface area (Å²) in [5.41, 5.74) is 3.88. The molecule has 0 saturated carbocycles. The molecule has 0 bridgehead atoms. The van der Waals surface area contributed by atoms with Crippen molar-refractivity contribution in [2.75, 3.05) is 0 Å². The molecule has 0 aliphatic carbocycles. The topological polar surface area (TPSA) is 56.5 Å². The summed E-state index contributed by atoms with van der Waals surface area (Å²) in [5.74, 6) is 1.58. The van der Waals surface area contributed by atoms with E-state index in [1.807, 2.05) is 72.7 Å². The van der Waals surface area contributed by atoms with Crippen molar-refractivity contribution >= 4 is 0 Å². The lowest BCUT2D eigenvalue weighted by atomic mass is 10.2. The first kappa shape index (κ1) is 14.3. The minimum Gasteiger partial charge on any atom is -0.327 e. The van der Waals surface area contributed by atoms with Crippen LogP contribution >= 0.6 is 0 Å². The molecule has 0 aliphatic heterocycles. The zero-order valence-corrected chi connectivity index (χ0v) is 13.2. The van der Waals surface area contributed by atoms with Gasteiger partial charge in [-0.3, -0.25) is 4.98 Å². The highest BCUT2D eigenvalue weighted by molar-refractivity contribution is 5.65. The first-order chi connectivity index (χ1) is 11.8. The first-order valence-corrected chi connectivity index (χ1v) is 7.63. The average Bonchev–Trinajstić information content (AvgIpc) is 3.05. The Bertz CT molecular complexity index is 944. The molecule has 5 nitrogen and oxygen atoms in total. The summed E-state index contributed by atoms with van der Waals surface area (Å²) in [4.78, 5) is 17.6. The zero-order valence-electron chi connectivity index (χ0n) is 13.2. The summed E-state index contributed by atoms with van der Waals surface area (Å²) in [5, 5.41) is 0. The molecule has 0 radical (unpaired) electrons. The van der Waals surface area contributed by atoms with Gasteiger partial charge in [0.1, 0.15) is 5.82 Å². The number of benzene rings is 1. The van der Waals surface area contributed by atoms with E-state index < -0.39 is 0 Å². The molecular formula is C19H15N5. The fourth-order valence-electron chi connectivity index (χ4n) is 2.64. The lowest BCUT2D eigenvalue weighted by molar-refractivity contribution is 0.929. The fraction of sp³-hybridized carbons (Fsp3) is 0.0526. The van der Waals surface area contributed by atoms with Crippen molar-refractivity contribution in [3.8, 4) is 34.0 Å². The number of imidazole rings is 1. The molecule has 1 aromatic carbocycles. The SMILES string of the molecule is Cn1c(-c2cnc(-c3ccccc3)nc2)cnc1-c1cccnc1. The van der Waals surface area contributed by atoms with Crippen LogP contribution in [0.2, 0.25) is 0 Å². The van der Waals surface area contributed by atoms with E-state index in [1.165, 1.54) is 0 Å². The molecule has 0 unspecified atom stereocenters. The van der Waals surface area contributed by atoms with E-state index >= 15 is 0 Å². The normalized spacial score (nSPS) is 10.7. The molecule has 0 saturated heterocycles. The lowest BCUT2D eigenvalue weighted by Gasteiger charge is -2.06. The second-order valence-electron chi connectivity index (χ2n) is 5.43. The Labute approximate surface area is 139 Å². The highest BCUT2D eigenvalue weighted by atomic mass is 15.1. The van der Waals surface area contributed by atoms with E-state index in [2.05, 4.69) is 19.9 Å². The van der Waals surface area contributed by atoms with E-state index in [0.717, 1.165) is 28.2 Å². The van der Waals surface area contributed by atoms with Crippen LogP contribution in [-0.2, 0) is 7.05 Å². The number of hydrogen-bond acceptors (Lipinski definition) is 4. The molecule has 0 fully saturated rings. The summed E-state index contributed by atoms with van der Waals surface area (Å²) in [6, 6.07) is 13.8. The van der Waals surface area contributed by atoms with Gasteiger partial charge in [0.05, 0.1) is 11.9 Å². The van der Waals surface area contributed by atoms with E-state index in [0.29, 0.717) is 5.82 Å². The molecule has 3 heterocycles. The number of rotatable bonds is 3. The van der Waals surface area contributed by atoms with E-state index in [-0.39, 0.29) is 0 Å². The molecule has 0 N–H and O–H groups in total. The van der Waals surface area contributed by atoms with Crippen LogP contribution < -0.4 is 0 Å². The summed E-state index contributed by atoms with van der Waals surface area (Å²) >= 11 is 0. The van der Waals surface area contributed by atoms with Gasteiger partial charge in [-0.25, -0.2) is 15.0 Å². The number of nitrogens with zero attached hydrogens (tertiary/aromatic N) is 5. The largest absolute Gasteiger partial charge is 0.327 e. The molecule has 24 heavy (non-hydrogen) atoms. The predicted octanol–water partition coefficient (Wildman–Crippen LogP) is 3.61. The van der Waals surface area contributed by atoms with Crippen LogP contribution in [0.4, 0.5) is 0 Å². The van der Waals surface area contributed by atoms with Gasteiger partial charge in [-0.2, -0.15) is 0 Å². The van der Waals surface area contributed by atoms with Crippen molar-refractivity contribution in [2.45, 2.75) is 0 Å². The van der Waals surface area contributed by atoms with Crippen molar-refractivity contribution in [3.63, 3.8) is 0 Å². The standard InChI is InChI=1S/C19H15N5/c1-24-17(13-23-19(24)15-8-5-9-20-10-15)16-11-21-18(22-12-16)14-6-3-2-4-7-14/h2-13H,1H3. The van der Waals surface area contributed by atoms with Gasteiger partial charge in [0.25, 0.3) is 0 Å². The van der Waals surface area contributed by atoms with Crippen LogP contribution in [0.1, 0.15) is 0 Å². The molecule has 5 heteroatoms. The Hall–Kier alpha value is -3.34. The quantitative estimate of drug-likeness (QED) is 0.580. The van der Waals surface area contributed by atoms with Crippen molar-refractivity contribution in [1.82, 2.24) is 24.5 Å². The van der Waals surface area contributed by atoms with E-state index in [9.17, 15) is 0 Å². The van der Waals surface area contributed by atoms with E-state index in [1.54, 1.807) is 12.4 Å². The van der Waals surface area contributed by atoms with Crippen molar-refractivity contribution in [2.24, 2.45) is 7.05 Å². The average molecular weight is 313 g/mol. The minimum atomic E-state index is 0.717. The van der Waals surface area contributed by atoms with Gasteiger partial charge in [0.15, 0.2) is 5.82 Å². The Morgan fingerprint density at radius 1 is 0.708 bits per heavy atom. The first-order valence-electron chi connectivity index (χ1n) is 7.63. The third-order valence-corrected chi connectivity index (χ3v) is 3.89. The monoisotopic (exact) mass is 313 g/mol. The Morgan fingerprint density at radius 3 is 2.17 bits per heavy atom. The lowest BCUT2D eigenvalue weighted by Crippen LogP contribution is -1.97. The molecule has 3 aromatic heterocycles. The van der Waals surface area contributed by atoms with Crippen molar-refractivity contribution in [3.05, 3.63) is 73.4 Å². The maximum absolute atomic E-state index is 4.51. The minimum absolute atomic E-state index is 0.717. The molecular weight excluding hydrogens is 298 g/mol. The van der Waals surface area contributed by atoms with Gasteiger partial charge >= 0.3 is 0 Å². The Balaban J connectivity index is 1.69. The Kier molecular flexibility index (Phi) is 3.59. The van der Waals surface area contributed by atoms with Crippen molar-refractivity contribution < 1.29 is 0 Å². The van der Waals surface area contributed by atoms with Crippen LogP contribution in [0.15, 0.2) is 73.4 Å². The van der Waals surface area contributed by atoms with Crippen LogP contribution in [0.5, 0.6) is 0 Å².